The molecule has 4 aliphatic heterocycles. The number of rotatable bonds is 18. The molecule has 0 aromatic rings. The second kappa shape index (κ2) is 24.8. The molecule has 4 heterocycles. The van der Waals surface area contributed by atoms with Gasteiger partial charge in [-0.05, 0) is 95.5 Å². The lowest BCUT2D eigenvalue weighted by molar-refractivity contribution is -0.338. The van der Waals surface area contributed by atoms with Crippen molar-refractivity contribution in [1.29, 1.82) is 0 Å². The minimum Gasteiger partial charge on any atom is -0.458 e. The van der Waals surface area contributed by atoms with E-state index in [1.165, 1.54) is 12.0 Å². The largest absolute Gasteiger partial charge is 0.458 e. The minimum atomic E-state index is -3.64. The molecular weight excluding hydrogens is 957 g/mol. The first-order chi connectivity index (χ1) is 33.3. The van der Waals surface area contributed by atoms with E-state index < -0.39 is 123 Å². The van der Waals surface area contributed by atoms with E-state index in [9.17, 15) is 28.6 Å². The number of carbonyl (C=O) groups is 2. The Bertz CT molecular complexity index is 1930. The van der Waals surface area contributed by atoms with E-state index in [0.717, 1.165) is 12.8 Å². The van der Waals surface area contributed by atoms with Gasteiger partial charge in [-0.2, -0.15) is 0 Å². The van der Waals surface area contributed by atoms with Gasteiger partial charge in [0.05, 0.1) is 53.9 Å². The smallest absolute Gasteiger partial charge is 0.410 e. The van der Waals surface area contributed by atoms with Gasteiger partial charge in [-0.1, -0.05) is 32.9 Å². The van der Waals surface area contributed by atoms with Gasteiger partial charge in [0.25, 0.3) is 0 Å². The number of oxime groups is 1. The molecule has 6 N–H and O–H groups in total. The number of fused-ring (bicyclic) bond motifs is 1. The highest BCUT2D eigenvalue weighted by atomic mass is 32.2. The van der Waals surface area contributed by atoms with Crippen LogP contribution in [0.15, 0.2) is 5.16 Å². The Morgan fingerprint density at radius 2 is 1.58 bits per heavy atom. The van der Waals surface area contributed by atoms with E-state index in [-0.39, 0.29) is 50.7 Å². The van der Waals surface area contributed by atoms with Gasteiger partial charge in [-0.3, -0.25) is 14.6 Å². The van der Waals surface area contributed by atoms with Crippen molar-refractivity contribution in [2.24, 2.45) is 34.6 Å². The third-order valence-electron chi connectivity index (χ3n) is 16.5. The standard InChI is InChI=1S/C50H94N6O15S/c1-19-37-49(14)42(56(46(59)71-49)21-20-52-72(18,62)63)32(8)39(53-61)30(6)25-47(12,64-16)43(70-45-40(57)36(51)24-31(7)66-45)33(9)41(34(10)44(58)68-37)69-38-26-48(13,65-17)50(60,35(11)67-38)27-54(15)22-23-55(28(2)3)29(4)5/h28-38,40-43,45,52,57,60-61H,19-27,51H2,1-18H3/t30-,31-,32+,33+,34-,35+,36+,37-,38+,40-,41+,42-,43-,45+,47+,48-,49-,50-/m1/s1. The monoisotopic (exact) mass is 1050 g/mol. The molecule has 21 nitrogen and oxygen atoms in total. The highest BCUT2D eigenvalue weighted by Crippen LogP contribution is 2.46. The molecule has 0 unspecified atom stereocenters. The van der Waals surface area contributed by atoms with Crippen molar-refractivity contribution in [3.63, 3.8) is 0 Å². The van der Waals surface area contributed by atoms with E-state index in [0.29, 0.717) is 25.0 Å². The number of cyclic esters (lactones) is 1. The fraction of sp³-hybridized carbons (Fsp3) is 0.940. The molecule has 18 atom stereocenters. The summed E-state index contributed by atoms with van der Waals surface area (Å²) in [6.07, 6.45) is -7.05. The number of nitrogens with one attached hydrogen (secondary N) is 1. The van der Waals surface area contributed by atoms with Crippen LogP contribution in [-0.4, -0.2) is 212 Å². The number of esters is 1. The van der Waals surface area contributed by atoms with Gasteiger partial charge in [0.1, 0.15) is 23.4 Å². The summed E-state index contributed by atoms with van der Waals surface area (Å²) in [7, 11) is 1.38. The van der Waals surface area contributed by atoms with Gasteiger partial charge >= 0.3 is 12.1 Å². The Morgan fingerprint density at radius 3 is 2.12 bits per heavy atom. The van der Waals surface area contributed by atoms with Crippen LogP contribution >= 0.6 is 0 Å². The molecule has 4 fully saturated rings. The van der Waals surface area contributed by atoms with E-state index >= 15 is 4.79 Å². The summed E-state index contributed by atoms with van der Waals surface area (Å²) < 4.78 is 79.0. The van der Waals surface area contributed by atoms with Crippen LogP contribution in [0.5, 0.6) is 0 Å². The van der Waals surface area contributed by atoms with Crippen LogP contribution in [0.1, 0.15) is 123 Å². The number of hydrogen-bond donors (Lipinski definition) is 5. The van der Waals surface area contributed by atoms with E-state index in [2.05, 4.69) is 47.4 Å². The summed E-state index contributed by atoms with van der Waals surface area (Å²) in [4.78, 5) is 34.9. The molecule has 0 spiro atoms. The number of sulfonamides is 1. The average molecular weight is 1050 g/mol. The summed E-state index contributed by atoms with van der Waals surface area (Å²) in [5.41, 5.74) is 1.08. The first kappa shape index (κ1) is 62.2. The first-order valence-corrected chi connectivity index (χ1v) is 27.9. The van der Waals surface area contributed by atoms with E-state index in [1.807, 2.05) is 41.7 Å². The Kier molecular flexibility index (Phi) is 21.4. The van der Waals surface area contributed by atoms with Crippen molar-refractivity contribution in [3.05, 3.63) is 0 Å². The van der Waals surface area contributed by atoms with Crippen molar-refractivity contribution in [2.75, 3.05) is 60.2 Å². The average Bonchev–Trinajstić information content (AvgIpc) is 3.54. The summed E-state index contributed by atoms with van der Waals surface area (Å²) >= 11 is 0. The zero-order valence-corrected chi connectivity index (χ0v) is 47.4. The quantitative estimate of drug-likeness (QED) is 0.0747. The summed E-state index contributed by atoms with van der Waals surface area (Å²) in [6.45, 7) is 27.9. The molecule has 22 heteroatoms. The van der Waals surface area contributed by atoms with Crippen LogP contribution in [0.4, 0.5) is 4.79 Å². The van der Waals surface area contributed by atoms with Crippen LogP contribution in [0, 0.1) is 23.7 Å². The fourth-order valence-corrected chi connectivity index (χ4v) is 12.7. The summed E-state index contributed by atoms with van der Waals surface area (Å²) in [5, 5.41) is 39.0. The second-order valence-electron chi connectivity index (χ2n) is 22.6. The molecule has 0 bridgehead atoms. The van der Waals surface area contributed by atoms with Crippen LogP contribution in [0.25, 0.3) is 0 Å². The third kappa shape index (κ3) is 13.6. The number of carbonyl (C=O) groups excluding carboxylic acids is 2. The first-order valence-electron chi connectivity index (χ1n) is 26.0. The molecule has 0 saturated carbocycles. The molecular formula is C50H94N6O15S. The van der Waals surface area contributed by atoms with Crippen molar-refractivity contribution in [1.82, 2.24) is 19.4 Å². The molecule has 0 aromatic carbocycles. The topological polar surface area (TPSA) is 263 Å². The lowest BCUT2D eigenvalue weighted by Gasteiger charge is -2.54. The summed E-state index contributed by atoms with van der Waals surface area (Å²) in [6, 6.07) is -0.961. The molecule has 72 heavy (non-hydrogen) atoms. The van der Waals surface area contributed by atoms with Crippen LogP contribution < -0.4 is 10.5 Å². The zero-order chi connectivity index (χ0) is 54.6. The maximum Gasteiger partial charge on any atom is 0.410 e. The molecule has 4 aliphatic rings. The van der Waals surface area contributed by atoms with E-state index in [4.69, 9.17) is 43.6 Å². The number of ether oxygens (including phenoxy) is 8. The SMILES string of the molecule is CC[C@H]1OC(=O)[C@H](C)[C@@H](O[C@H]2C[C@@](C)(OC)[C@@](O)(CN(C)CCN(C(C)C)C(C)C)[C@H](C)O2)[C@H](C)[C@@H](O[C@@H]2O[C@H](C)C[C@H](N)[C@H]2O)[C@@](C)(OC)C[C@@H](C)C(=NO)[C@H](C)[C@H]2N(CCNS(C)(=O)=O)C(=O)O[C@]12C. The number of nitrogens with two attached hydrogens (primary N) is 1. The predicted octanol–water partition coefficient (Wildman–Crippen LogP) is 3.54. The molecule has 4 rings (SSSR count). The Labute approximate surface area is 430 Å². The van der Waals surface area contributed by atoms with Crippen molar-refractivity contribution >= 4 is 27.8 Å². The number of likely N-dealkylation sites (N-methyl/N-ethyl adjacent to an activating group) is 1. The maximum atomic E-state index is 15.0. The number of nitrogens with zero attached hydrogens (tertiary/aromatic N) is 4. The number of hydrogen-bond acceptors (Lipinski definition) is 19. The van der Waals surface area contributed by atoms with Crippen molar-refractivity contribution < 1.29 is 71.3 Å². The predicted molar refractivity (Wildman–Crippen MR) is 271 cm³/mol. The van der Waals surface area contributed by atoms with Crippen LogP contribution in [0.3, 0.4) is 0 Å². The number of aliphatic hydroxyl groups is 2. The number of methoxy groups -OCH3 is 2. The fourth-order valence-electron chi connectivity index (χ4n) is 12.2. The highest BCUT2D eigenvalue weighted by molar-refractivity contribution is 7.88. The van der Waals surface area contributed by atoms with Crippen LogP contribution in [-0.2, 0) is 52.7 Å². The number of aliphatic hydroxyl groups excluding tert-OH is 1. The minimum absolute atomic E-state index is 0.0414. The molecule has 1 amide bonds. The second-order valence-corrected chi connectivity index (χ2v) is 24.4. The van der Waals surface area contributed by atoms with Gasteiger partial charge in [0, 0.05) is 89.2 Å². The van der Waals surface area contributed by atoms with Gasteiger partial charge in [0.15, 0.2) is 18.2 Å². The molecule has 0 aliphatic carbocycles. The Balaban J connectivity index is 1.87. The molecule has 0 aromatic heterocycles. The lowest BCUT2D eigenvalue weighted by Crippen LogP contribution is -2.70. The van der Waals surface area contributed by atoms with Gasteiger partial charge in [-0.25, -0.2) is 17.9 Å². The number of amides is 1. The van der Waals surface area contributed by atoms with Crippen molar-refractivity contribution in [2.45, 2.75) is 218 Å². The van der Waals surface area contributed by atoms with Crippen molar-refractivity contribution in [3.8, 4) is 0 Å². The Morgan fingerprint density at radius 1 is 0.958 bits per heavy atom. The summed E-state index contributed by atoms with van der Waals surface area (Å²) in [5.74, 6) is -3.98. The Hall–Kier alpha value is -2.32. The highest BCUT2D eigenvalue weighted by Gasteiger charge is 2.62. The van der Waals surface area contributed by atoms with Gasteiger partial charge in [0.2, 0.25) is 10.0 Å². The normalized spacial score (nSPS) is 41.5. The molecule has 0 radical (unpaired) electrons. The van der Waals surface area contributed by atoms with Gasteiger partial charge in [-0.15, -0.1) is 0 Å². The maximum absolute atomic E-state index is 15.0. The lowest BCUT2D eigenvalue weighted by atomic mass is 9.72. The molecule has 420 valence electrons. The van der Waals surface area contributed by atoms with Gasteiger partial charge < -0.3 is 63.9 Å². The van der Waals surface area contributed by atoms with Crippen LogP contribution in [0.2, 0.25) is 0 Å². The zero-order valence-electron chi connectivity index (χ0n) is 46.6. The molecule has 4 saturated heterocycles. The van der Waals surface area contributed by atoms with E-state index in [1.54, 1.807) is 41.7 Å². The third-order valence-corrected chi connectivity index (χ3v) is 17.2.